The topological polar surface area (TPSA) is 55.2 Å². The Morgan fingerprint density at radius 1 is 1.57 bits per heavy atom. The highest BCUT2D eigenvalue weighted by molar-refractivity contribution is 7.31. The third kappa shape index (κ3) is 10.7. The molecular formula is C4H14NOP. The van der Waals surface area contributed by atoms with Crippen LogP contribution in [0.3, 0.4) is 0 Å². The van der Waals surface area contributed by atoms with Gasteiger partial charge in [0.15, 0.2) is 0 Å². The van der Waals surface area contributed by atoms with Gasteiger partial charge in [-0.25, -0.2) is 0 Å². The maximum atomic E-state index is 8.23. The molecule has 0 fully saturated rings. The molecule has 0 rings (SSSR count). The Morgan fingerprint density at radius 2 is 2.14 bits per heavy atom. The van der Waals surface area contributed by atoms with Crippen molar-refractivity contribution in [1.29, 1.82) is 0 Å². The highest BCUT2D eigenvalue weighted by Gasteiger charge is 1.76. The molecule has 3 heteroatoms. The summed E-state index contributed by atoms with van der Waals surface area (Å²) in [5, 5.41) is 0. The molecule has 0 aromatic rings. The molecule has 0 radical (unpaired) electrons. The molecule has 0 aromatic heterocycles. The smallest absolute Gasteiger partial charge is 0.0107 e. The van der Waals surface area contributed by atoms with Gasteiger partial charge in [0.2, 0.25) is 0 Å². The number of hydrogen-bond donors (Lipinski definition) is 2. The van der Waals surface area contributed by atoms with Crippen molar-refractivity contribution in [2.45, 2.75) is 19.8 Å². The molecule has 1 unspecified atom stereocenters. The van der Waals surface area contributed by atoms with Gasteiger partial charge in [-0.05, 0) is 12.6 Å². The molecule has 0 heterocycles. The normalized spacial score (nSPS) is 9.43. The second kappa shape index (κ2) is 9.61. The summed E-state index contributed by atoms with van der Waals surface area (Å²) in [5.74, 6) is 0. The van der Waals surface area contributed by atoms with Crippen LogP contribution in [0.25, 0.3) is 0 Å². The lowest BCUT2D eigenvalue weighted by atomic mass is 10.4. The number of rotatable bonds is 3. The molecule has 7 heavy (non-hydrogen) atoms. The lowest BCUT2D eigenvalue weighted by Gasteiger charge is -1.85. The van der Waals surface area contributed by atoms with E-state index in [1.54, 1.807) is 0 Å². The van der Waals surface area contributed by atoms with E-state index in [0.717, 1.165) is 6.16 Å². The highest BCUT2D eigenvalue weighted by atomic mass is 31.1. The minimum atomic E-state index is 0. The Kier molecular flexibility index (Phi) is 14.2. The van der Waals surface area contributed by atoms with Crippen molar-refractivity contribution in [3.05, 3.63) is 0 Å². The Hall–Kier alpha value is 0.350. The van der Waals surface area contributed by atoms with Gasteiger partial charge >= 0.3 is 0 Å². The average molecular weight is 123 g/mol. The zero-order chi connectivity index (χ0) is 4.83. The predicted octanol–water partition coefficient (Wildman–Crippen LogP) is 1.53. The van der Waals surface area contributed by atoms with E-state index in [9.17, 15) is 0 Å². The van der Waals surface area contributed by atoms with Crippen molar-refractivity contribution in [3.8, 4) is 0 Å². The van der Waals surface area contributed by atoms with Crippen molar-refractivity contribution in [2.75, 3.05) is 6.16 Å². The Balaban J connectivity index is 0. The summed E-state index contributed by atoms with van der Waals surface area (Å²) in [6, 6.07) is 0. The van der Waals surface area contributed by atoms with Gasteiger partial charge in [-0.2, -0.15) is 0 Å². The second-order valence-electron chi connectivity index (χ2n) is 1.26. The lowest BCUT2D eigenvalue weighted by Crippen LogP contribution is -1.69. The third-order valence-corrected chi connectivity index (χ3v) is 1.22. The van der Waals surface area contributed by atoms with E-state index in [1.807, 2.05) is 0 Å². The maximum absolute atomic E-state index is 8.23. The summed E-state index contributed by atoms with van der Waals surface area (Å²) in [6.45, 7) is 2.13. The number of unbranched alkanes of at least 4 members (excludes halogenated alkanes) is 1. The molecule has 0 aromatic carbocycles. The molecule has 1 atom stereocenters. The van der Waals surface area contributed by atoms with E-state index in [4.69, 9.17) is 4.89 Å². The van der Waals surface area contributed by atoms with E-state index in [1.165, 1.54) is 12.8 Å². The molecule has 4 N–H and O–H groups in total. The molecule has 0 aliphatic heterocycles. The van der Waals surface area contributed by atoms with E-state index >= 15 is 0 Å². The molecule has 0 amide bonds. The summed E-state index contributed by atoms with van der Waals surface area (Å²) in [5.41, 5.74) is 0. The fourth-order valence-corrected chi connectivity index (χ4v) is 0.768. The van der Waals surface area contributed by atoms with Gasteiger partial charge in [-0.1, -0.05) is 13.3 Å². The first kappa shape index (κ1) is 10.4. The zero-order valence-electron chi connectivity index (χ0n) is 4.78. The van der Waals surface area contributed by atoms with Gasteiger partial charge in [0.1, 0.15) is 0 Å². The Labute approximate surface area is 46.8 Å². The van der Waals surface area contributed by atoms with Gasteiger partial charge in [0, 0.05) is 8.81 Å². The fraction of sp³-hybridized carbons (Fsp3) is 1.00. The summed E-state index contributed by atoms with van der Waals surface area (Å²) in [7, 11) is 0.165. The zero-order valence-corrected chi connectivity index (χ0v) is 5.78. The van der Waals surface area contributed by atoms with Crippen LogP contribution < -0.4 is 6.15 Å². The van der Waals surface area contributed by atoms with Gasteiger partial charge in [-0.3, -0.25) is 0 Å². The van der Waals surface area contributed by atoms with E-state index in [2.05, 4.69) is 6.92 Å². The molecule has 0 aliphatic rings. The first-order valence-corrected chi connectivity index (χ1v) is 3.44. The van der Waals surface area contributed by atoms with Crippen LogP contribution in [0, 0.1) is 0 Å². The van der Waals surface area contributed by atoms with Crippen molar-refractivity contribution in [1.82, 2.24) is 6.15 Å². The summed E-state index contributed by atoms with van der Waals surface area (Å²) >= 11 is 0. The van der Waals surface area contributed by atoms with Crippen LogP contribution in [0.15, 0.2) is 0 Å². The standard InChI is InChI=1S/C4H11OP.H3N/c1-2-3-4-6-5;/h5-6H,2-4H2,1H3;1H3. The molecule has 46 valence electrons. The van der Waals surface area contributed by atoms with Crippen molar-refractivity contribution < 1.29 is 4.89 Å². The van der Waals surface area contributed by atoms with Crippen molar-refractivity contribution in [2.24, 2.45) is 0 Å². The maximum Gasteiger partial charge on any atom is 0.0107 e. The monoisotopic (exact) mass is 123 g/mol. The molecule has 0 saturated heterocycles. The molecule has 2 nitrogen and oxygen atoms in total. The quantitative estimate of drug-likeness (QED) is 0.441. The number of hydrogen-bond acceptors (Lipinski definition) is 2. The summed E-state index contributed by atoms with van der Waals surface area (Å²) in [6.07, 6.45) is 3.37. The van der Waals surface area contributed by atoms with E-state index in [0.29, 0.717) is 0 Å². The van der Waals surface area contributed by atoms with Crippen LogP contribution in [0.4, 0.5) is 0 Å². The molecule has 0 aliphatic carbocycles. The van der Waals surface area contributed by atoms with Gasteiger partial charge in [0.25, 0.3) is 0 Å². The SMILES string of the molecule is CCCCPO.N. The molecule has 0 saturated carbocycles. The Morgan fingerprint density at radius 3 is 2.29 bits per heavy atom. The van der Waals surface area contributed by atoms with Crippen LogP contribution >= 0.6 is 8.81 Å². The summed E-state index contributed by atoms with van der Waals surface area (Å²) < 4.78 is 0. The predicted molar refractivity (Wildman–Crippen MR) is 35.3 cm³/mol. The molecule has 0 bridgehead atoms. The van der Waals surface area contributed by atoms with E-state index in [-0.39, 0.29) is 15.0 Å². The van der Waals surface area contributed by atoms with Crippen LogP contribution in [-0.2, 0) is 0 Å². The van der Waals surface area contributed by atoms with Crippen LogP contribution in [0.5, 0.6) is 0 Å². The minimum Gasteiger partial charge on any atom is -0.377 e. The first-order chi connectivity index (χ1) is 2.91. The Bertz CT molecular complexity index is 23.7. The van der Waals surface area contributed by atoms with Crippen LogP contribution in [-0.4, -0.2) is 11.1 Å². The van der Waals surface area contributed by atoms with Crippen molar-refractivity contribution in [3.63, 3.8) is 0 Å². The highest BCUT2D eigenvalue weighted by Crippen LogP contribution is 2.03. The average Bonchev–Trinajstić information content (AvgIpc) is 1.61. The van der Waals surface area contributed by atoms with E-state index < -0.39 is 0 Å². The summed E-state index contributed by atoms with van der Waals surface area (Å²) in [4.78, 5) is 8.23. The second-order valence-corrected chi connectivity index (χ2v) is 2.08. The molecular weight excluding hydrogens is 109 g/mol. The fourth-order valence-electron chi connectivity index (χ4n) is 0.256. The van der Waals surface area contributed by atoms with Gasteiger partial charge < -0.3 is 11.0 Å². The minimum absolute atomic E-state index is 0. The largest absolute Gasteiger partial charge is 0.377 e. The van der Waals surface area contributed by atoms with Crippen LogP contribution in [0.1, 0.15) is 19.8 Å². The van der Waals surface area contributed by atoms with Crippen LogP contribution in [0.2, 0.25) is 0 Å². The first-order valence-electron chi connectivity index (χ1n) is 2.28. The van der Waals surface area contributed by atoms with Gasteiger partial charge in [-0.15, -0.1) is 0 Å². The molecule has 0 spiro atoms. The van der Waals surface area contributed by atoms with Gasteiger partial charge in [0.05, 0.1) is 0 Å². The third-order valence-electron chi connectivity index (χ3n) is 0.642. The van der Waals surface area contributed by atoms with Crippen molar-refractivity contribution >= 4 is 8.81 Å². The lowest BCUT2D eigenvalue weighted by molar-refractivity contribution is 0.641.